The predicted octanol–water partition coefficient (Wildman–Crippen LogP) is 3.11. The molecule has 23 heavy (non-hydrogen) atoms. The molecule has 0 saturated carbocycles. The van der Waals surface area contributed by atoms with E-state index in [1.165, 1.54) is 29.2 Å². The number of benzene rings is 1. The molecule has 3 aromatic rings. The molecular weight excluding hydrogens is 312 g/mol. The van der Waals surface area contributed by atoms with Gasteiger partial charge in [0.1, 0.15) is 16.4 Å². The zero-order valence-electron chi connectivity index (χ0n) is 12.9. The second-order valence-corrected chi connectivity index (χ2v) is 6.02. The van der Waals surface area contributed by atoms with Crippen LogP contribution in [0.3, 0.4) is 0 Å². The van der Waals surface area contributed by atoms with Crippen LogP contribution in [-0.2, 0) is 11.3 Å². The van der Waals surface area contributed by atoms with Gasteiger partial charge in [-0.3, -0.25) is 14.2 Å². The van der Waals surface area contributed by atoms with E-state index in [1.807, 2.05) is 36.6 Å². The third-order valence-electron chi connectivity index (χ3n) is 3.43. The summed E-state index contributed by atoms with van der Waals surface area (Å²) in [5.74, 6) is 0.717. The maximum absolute atomic E-state index is 12.6. The zero-order chi connectivity index (χ0) is 16.4. The summed E-state index contributed by atoms with van der Waals surface area (Å²) in [7, 11) is 0. The van der Waals surface area contributed by atoms with E-state index >= 15 is 0 Å². The molecular formula is C17H16N2O3S. The van der Waals surface area contributed by atoms with E-state index in [4.69, 9.17) is 4.74 Å². The minimum atomic E-state index is -0.185. The molecule has 0 atom stereocenters. The topological polar surface area (TPSA) is 61.2 Å². The van der Waals surface area contributed by atoms with Gasteiger partial charge in [-0.2, -0.15) is 0 Å². The van der Waals surface area contributed by atoms with Crippen molar-refractivity contribution >= 4 is 27.3 Å². The number of aromatic nitrogens is 2. The van der Waals surface area contributed by atoms with E-state index in [0.717, 1.165) is 16.9 Å². The number of carbonyl (C=O) groups is 1. The van der Waals surface area contributed by atoms with Gasteiger partial charge >= 0.3 is 0 Å². The molecule has 0 saturated heterocycles. The standard InChI is InChI=1S/C17H16N2O3S/c1-3-22-13-6-4-12(5-7-13)14-9-23-16-15(14)17(21)19(10-18-16)8-11(2)20/h4-7,9-10H,3,8H2,1-2H3. The number of rotatable bonds is 5. The first kappa shape index (κ1) is 15.4. The third kappa shape index (κ3) is 3.03. The van der Waals surface area contributed by atoms with E-state index in [0.29, 0.717) is 16.8 Å². The van der Waals surface area contributed by atoms with Gasteiger partial charge in [-0.15, -0.1) is 11.3 Å². The van der Waals surface area contributed by atoms with Crippen molar-refractivity contribution < 1.29 is 9.53 Å². The molecule has 5 nitrogen and oxygen atoms in total. The van der Waals surface area contributed by atoms with Crippen LogP contribution in [0.5, 0.6) is 5.75 Å². The van der Waals surface area contributed by atoms with Gasteiger partial charge in [-0.25, -0.2) is 4.98 Å². The highest BCUT2D eigenvalue weighted by Crippen LogP contribution is 2.31. The molecule has 6 heteroatoms. The minimum absolute atomic E-state index is 0.0420. The minimum Gasteiger partial charge on any atom is -0.494 e. The van der Waals surface area contributed by atoms with Crippen molar-refractivity contribution in [1.82, 2.24) is 9.55 Å². The second kappa shape index (κ2) is 6.34. The molecule has 118 valence electrons. The fourth-order valence-electron chi connectivity index (χ4n) is 2.43. The number of fused-ring (bicyclic) bond motifs is 1. The fourth-order valence-corrected chi connectivity index (χ4v) is 3.34. The van der Waals surface area contributed by atoms with E-state index in [2.05, 4.69) is 4.98 Å². The van der Waals surface area contributed by atoms with Crippen LogP contribution in [0.15, 0.2) is 40.8 Å². The summed E-state index contributed by atoms with van der Waals surface area (Å²) >= 11 is 1.42. The molecule has 1 aromatic carbocycles. The van der Waals surface area contributed by atoms with Crippen molar-refractivity contribution in [3.8, 4) is 16.9 Å². The molecule has 2 heterocycles. The number of hydrogen-bond donors (Lipinski definition) is 0. The number of nitrogens with zero attached hydrogens (tertiary/aromatic N) is 2. The lowest BCUT2D eigenvalue weighted by molar-refractivity contribution is -0.117. The lowest BCUT2D eigenvalue weighted by Crippen LogP contribution is -2.23. The van der Waals surface area contributed by atoms with E-state index in [1.54, 1.807) is 0 Å². The molecule has 0 amide bonds. The fraction of sp³-hybridized carbons (Fsp3) is 0.235. The number of ether oxygens (including phenoxy) is 1. The molecule has 0 unspecified atom stereocenters. The van der Waals surface area contributed by atoms with Crippen molar-refractivity contribution in [1.29, 1.82) is 0 Å². The van der Waals surface area contributed by atoms with Crippen LogP contribution in [0.25, 0.3) is 21.3 Å². The van der Waals surface area contributed by atoms with Crippen LogP contribution in [0.1, 0.15) is 13.8 Å². The summed E-state index contributed by atoms with van der Waals surface area (Å²) in [4.78, 5) is 28.9. The van der Waals surface area contributed by atoms with Gasteiger partial charge in [0, 0.05) is 10.9 Å². The maximum Gasteiger partial charge on any atom is 0.263 e. The lowest BCUT2D eigenvalue weighted by Gasteiger charge is -2.05. The van der Waals surface area contributed by atoms with Crippen LogP contribution in [0.2, 0.25) is 0 Å². The Balaban J connectivity index is 2.10. The highest BCUT2D eigenvalue weighted by atomic mass is 32.1. The van der Waals surface area contributed by atoms with Crippen molar-refractivity contribution in [2.45, 2.75) is 20.4 Å². The molecule has 0 aliphatic carbocycles. The molecule has 0 bridgehead atoms. The molecule has 0 radical (unpaired) electrons. The number of thiophene rings is 1. The number of ketones is 1. The predicted molar refractivity (Wildman–Crippen MR) is 91.2 cm³/mol. The second-order valence-electron chi connectivity index (χ2n) is 5.17. The van der Waals surface area contributed by atoms with Crippen molar-refractivity contribution in [3.63, 3.8) is 0 Å². The van der Waals surface area contributed by atoms with E-state index in [9.17, 15) is 9.59 Å². The van der Waals surface area contributed by atoms with E-state index in [-0.39, 0.29) is 17.9 Å². The summed E-state index contributed by atoms with van der Waals surface area (Å²) in [6.45, 7) is 4.04. The van der Waals surface area contributed by atoms with Crippen LogP contribution in [-0.4, -0.2) is 21.9 Å². The van der Waals surface area contributed by atoms with Crippen LogP contribution in [0.4, 0.5) is 0 Å². The van der Waals surface area contributed by atoms with Gasteiger partial charge in [0.15, 0.2) is 0 Å². The third-order valence-corrected chi connectivity index (χ3v) is 4.32. The van der Waals surface area contributed by atoms with Crippen molar-refractivity contribution in [2.75, 3.05) is 6.61 Å². The lowest BCUT2D eigenvalue weighted by atomic mass is 10.1. The Morgan fingerprint density at radius 1 is 1.30 bits per heavy atom. The van der Waals surface area contributed by atoms with Gasteiger partial charge < -0.3 is 4.74 Å². The molecule has 0 N–H and O–H groups in total. The van der Waals surface area contributed by atoms with Gasteiger partial charge in [0.2, 0.25) is 0 Å². The molecule has 0 aliphatic heterocycles. The quantitative estimate of drug-likeness (QED) is 0.722. The van der Waals surface area contributed by atoms with Crippen LogP contribution in [0, 0.1) is 0 Å². The number of hydrogen-bond acceptors (Lipinski definition) is 5. The van der Waals surface area contributed by atoms with Gasteiger partial charge in [0.25, 0.3) is 5.56 Å². The normalized spacial score (nSPS) is 10.9. The maximum atomic E-state index is 12.6. The van der Waals surface area contributed by atoms with Crippen molar-refractivity contribution in [2.24, 2.45) is 0 Å². The molecule has 3 rings (SSSR count). The molecule has 2 aromatic heterocycles. The van der Waals surface area contributed by atoms with E-state index < -0.39 is 0 Å². The van der Waals surface area contributed by atoms with Gasteiger partial charge in [-0.1, -0.05) is 12.1 Å². The number of carbonyl (C=O) groups excluding carboxylic acids is 1. The Labute approximate surface area is 137 Å². The Bertz CT molecular complexity index is 910. The highest BCUT2D eigenvalue weighted by molar-refractivity contribution is 7.17. The Morgan fingerprint density at radius 3 is 2.70 bits per heavy atom. The molecule has 0 spiro atoms. The zero-order valence-corrected chi connectivity index (χ0v) is 13.7. The summed E-state index contributed by atoms with van der Waals surface area (Å²) in [6.07, 6.45) is 1.44. The Hall–Kier alpha value is -2.47. The Morgan fingerprint density at radius 2 is 2.04 bits per heavy atom. The number of Topliss-reactive ketones (excluding diaryl/α,β-unsaturated/α-hetero) is 1. The smallest absolute Gasteiger partial charge is 0.263 e. The highest BCUT2D eigenvalue weighted by Gasteiger charge is 2.14. The van der Waals surface area contributed by atoms with Crippen LogP contribution < -0.4 is 10.3 Å². The average molecular weight is 328 g/mol. The largest absolute Gasteiger partial charge is 0.494 e. The summed E-state index contributed by atoms with van der Waals surface area (Å²) in [5.41, 5.74) is 1.58. The molecule has 0 aliphatic rings. The Kier molecular flexibility index (Phi) is 4.25. The average Bonchev–Trinajstić information content (AvgIpc) is 2.96. The summed E-state index contributed by atoms with van der Waals surface area (Å²) in [5, 5.41) is 2.48. The van der Waals surface area contributed by atoms with Gasteiger partial charge in [0.05, 0.1) is 24.9 Å². The first-order valence-corrected chi connectivity index (χ1v) is 8.17. The molecule has 0 fully saturated rings. The monoisotopic (exact) mass is 328 g/mol. The SMILES string of the molecule is CCOc1ccc(-c2csc3ncn(CC(C)=O)c(=O)c23)cc1. The van der Waals surface area contributed by atoms with Gasteiger partial charge in [-0.05, 0) is 31.5 Å². The van der Waals surface area contributed by atoms with Crippen LogP contribution >= 0.6 is 11.3 Å². The first-order chi connectivity index (χ1) is 11.1. The summed E-state index contributed by atoms with van der Waals surface area (Å²) < 4.78 is 6.80. The summed E-state index contributed by atoms with van der Waals surface area (Å²) in [6, 6.07) is 7.61. The first-order valence-electron chi connectivity index (χ1n) is 7.29. The van der Waals surface area contributed by atoms with Crippen molar-refractivity contribution in [3.05, 3.63) is 46.3 Å².